The summed E-state index contributed by atoms with van der Waals surface area (Å²) < 4.78 is 24.1. The van der Waals surface area contributed by atoms with Gasteiger partial charge in [0.05, 0.1) is 17.1 Å². The van der Waals surface area contributed by atoms with Crippen LogP contribution in [0.1, 0.15) is 11.1 Å². The lowest BCUT2D eigenvalue weighted by Gasteiger charge is -2.37. The molecule has 1 saturated heterocycles. The standard InChI is InChI=1S/C21H21ClFNO8/c1-9-5-6-13(24-15-11(22)3-2-4-12(15)23)10(7-9)8-14(25)31-21-18(28)16(26)17(27)19(32-21)20(29)30/h2-7,16-19,21,24,26-28H,8H2,1H3,(H,29,30). The molecule has 11 heteroatoms. The van der Waals surface area contributed by atoms with Crippen LogP contribution in [0.4, 0.5) is 15.8 Å². The number of halogens is 2. The number of para-hydroxylation sites is 1. The Kier molecular flexibility index (Phi) is 7.32. The van der Waals surface area contributed by atoms with E-state index in [0.717, 1.165) is 5.56 Å². The Hall–Kier alpha value is -2.76. The van der Waals surface area contributed by atoms with E-state index in [2.05, 4.69) is 5.32 Å². The van der Waals surface area contributed by atoms with Gasteiger partial charge < -0.3 is 35.2 Å². The van der Waals surface area contributed by atoms with E-state index in [9.17, 15) is 29.3 Å². The third kappa shape index (κ3) is 5.17. The Morgan fingerprint density at radius 3 is 2.53 bits per heavy atom. The average molecular weight is 470 g/mol. The summed E-state index contributed by atoms with van der Waals surface area (Å²) in [6, 6.07) is 9.16. The molecule has 5 atom stereocenters. The molecule has 0 spiro atoms. The minimum Gasteiger partial charge on any atom is -0.479 e. The first kappa shape index (κ1) is 23.9. The summed E-state index contributed by atoms with van der Waals surface area (Å²) in [7, 11) is 0. The Morgan fingerprint density at radius 2 is 1.88 bits per heavy atom. The number of carbonyl (C=O) groups excluding carboxylic acids is 1. The third-order valence-electron chi connectivity index (χ3n) is 4.88. The second-order valence-electron chi connectivity index (χ2n) is 7.28. The van der Waals surface area contributed by atoms with E-state index in [0.29, 0.717) is 11.3 Å². The fraction of sp³-hybridized carbons (Fsp3) is 0.333. The molecule has 0 radical (unpaired) electrons. The second-order valence-corrected chi connectivity index (χ2v) is 7.69. The largest absolute Gasteiger partial charge is 0.479 e. The number of hydrogen-bond acceptors (Lipinski definition) is 8. The van der Waals surface area contributed by atoms with Gasteiger partial charge in [0.2, 0.25) is 6.29 Å². The lowest BCUT2D eigenvalue weighted by molar-refractivity contribution is -0.286. The fourth-order valence-corrected chi connectivity index (χ4v) is 3.43. The van der Waals surface area contributed by atoms with Crippen LogP contribution in [0.2, 0.25) is 5.02 Å². The molecule has 5 unspecified atom stereocenters. The van der Waals surface area contributed by atoms with Gasteiger partial charge in [0.1, 0.15) is 24.1 Å². The summed E-state index contributed by atoms with van der Waals surface area (Å²) in [4.78, 5) is 23.7. The normalized spacial score (nSPS) is 25.2. The van der Waals surface area contributed by atoms with Gasteiger partial charge in [0.15, 0.2) is 6.10 Å². The van der Waals surface area contributed by atoms with Crippen molar-refractivity contribution in [2.75, 3.05) is 5.32 Å². The van der Waals surface area contributed by atoms with Crippen LogP contribution in [-0.2, 0) is 25.5 Å². The van der Waals surface area contributed by atoms with Gasteiger partial charge in [-0.2, -0.15) is 0 Å². The summed E-state index contributed by atoms with van der Waals surface area (Å²) in [5.41, 5.74) is 1.56. The Morgan fingerprint density at radius 1 is 1.16 bits per heavy atom. The van der Waals surface area contributed by atoms with Gasteiger partial charge in [-0.05, 0) is 30.7 Å². The number of nitrogens with one attached hydrogen (secondary N) is 1. The van der Waals surface area contributed by atoms with Crippen LogP contribution in [0, 0.1) is 12.7 Å². The van der Waals surface area contributed by atoms with Crippen molar-refractivity contribution in [2.45, 2.75) is 44.1 Å². The third-order valence-corrected chi connectivity index (χ3v) is 5.19. The van der Waals surface area contributed by atoms with Crippen molar-refractivity contribution >= 4 is 34.9 Å². The molecular weight excluding hydrogens is 449 g/mol. The van der Waals surface area contributed by atoms with Crippen LogP contribution in [-0.4, -0.2) is 63.1 Å². The van der Waals surface area contributed by atoms with E-state index in [4.69, 9.17) is 26.2 Å². The zero-order chi connectivity index (χ0) is 23.6. The summed E-state index contributed by atoms with van der Waals surface area (Å²) in [5, 5.41) is 41.6. The molecule has 0 bridgehead atoms. The van der Waals surface area contributed by atoms with Crippen molar-refractivity contribution in [3.63, 3.8) is 0 Å². The predicted molar refractivity (Wildman–Crippen MR) is 110 cm³/mol. The van der Waals surface area contributed by atoms with Gasteiger partial charge in [-0.15, -0.1) is 0 Å². The molecule has 2 aromatic rings. The number of hydrogen-bond donors (Lipinski definition) is 5. The minimum absolute atomic E-state index is 0.0140. The van der Waals surface area contributed by atoms with Crippen LogP contribution in [0.3, 0.4) is 0 Å². The molecular formula is C21H21ClFNO8. The average Bonchev–Trinajstić information content (AvgIpc) is 2.72. The predicted octanol–water partition coefficient (Wildman–Crippen LogP) is 1.51. The number of rotatable bonds is 6. The highest BCUT2D eigenvalue weighted by Gasteiger charge is 2.48. The van der Waals surface area contributed by atoms with Gasteiger partial charge in [-0.3, -0.25) is 4.79 Å². The molecule has 0 aliphatic carbocycles. The van der Waals surface area contributed by atoms with E-state index >= 15 is 0 Å². The maximum absolute atomic E-state index is 14.2. The molecule has 1 aliphatic heterocycles. The van der Waals surface area contributed by atoms with Crippen LogP contribution < -0.4 is 5.32 Å². The molecule has 9 nitrogen and oxygen atoms in total. The van der Waals surface area contributed by atoms with Crippen LogP contribution in [0.25, 0.3) is 0 Å². The van der Waals surface area contributed by atoms with Crippen LogP contribution >= 0.6 is 11.6 Å². The molecule has 1 heterocycles. The van der Waals surface area contributed by atoms with E-state index in [1.54, 1.807) is 25.1 Å². The Bertz CT molecular complexity index is 999. The van der Waals surface area contributed by atoms with Gasteiger partial charge in [0.25, 0.3) is 0 Å². The summed E-state index contributed by atoms with van der Waals surface area (Å²) in [6.45, 7) is 1.78. The number of anilines is 2. The van der Waals surface area contributed by atoms with Crippen molar-refractivity contribution in [1.82, 2.24) is 0 Å². The lowest BCUT2D eigenvalue weighted by Crippen LogP contribution is -2.60. The molecule has 0 amide bonds. The number of carboxylic acids is 1. The van der Waals surface area contributed by atoms with Crippen LogP contribution in [0.5, 0.6) is 0 Å². The van der Waals surface area contributed by atoms with Gasteiger partial charge in [-0.25, -0.2) is 9.18 Å². The van der Waals surface area contributed by atoms with E-state index in [1.165, 1.54) is 18.2 Å². The highest BCUT2D eigenvalue weighted by atomic mass is 35.5. The SMILES string of the molecule is Cc1ccc(Nc2c(F)cccc2Cl)c(CC(=O)OC2OC(C(=O)O)C(O)C(O)C2O)c1. The number of aliphatic carboxylic acids is 1. The summed E-state index contributed by atoms with van der Waals surface area (Å²) in [6.07, 6.45) is -9.75. The van der Waals surface area contributed by atoms with Crippen molar-refractivity contribution < 1.29 is 43.9 Å². The van der Waals surface area contributed by atoms with Crippen molar-refractivity contribution in [3.8, 4) is 0 Å². The minimum atomic E-state index is -1.91. The number of carboxylic acid groups (broad SMARTS) is 1. The number of ether oxygens (including phenoxy) is 2. The number of esters is 1. The number of aliphatic hydroxyl groups is 3. The zero-order valence-electron chi connectivity index (χ0n) is 16.7. The topological polar surface area (TPSA) is 146 Å². The smallest absolute Gasteiger partial charge is 0.335 e. The van der Waals surface area contributed by atoms with E-state index in [-0.39, 0.29) is 17.1 Å². The zero-order valence-corrected chi connectivity index (χ0v) is 17.5. The highest BCUT2D eigenvalue weighted by molar-refractivity contribution is 6.33. The van der Waals surface area contributed by atoms with Crippen molar-refractivity contribution in [2.24, 2.45) is 0 Å². The first-order chi connectivity index (χ1) is 15.1. The molecule has 172 valence electrons. The number of aryl methyl sites for hydroxylation is 1. The summed E-state index contributed by atoms with van der Waals surface area (Å²) in [5.74, 6) is -3.12. The molecule has 0 aromatic heterocycles. The van der Waals surface area contributed by atoms with Gasteiger partial charge >= 0.3 is 11.9 Å². The molecule has 5 N–H and O–H groups in total. The highest BCUT2D eigenvalue weighted by Crippen LogP contribution is 2.31. The molecule has 1 aliphatic rings. The number of carbonyl (C=O) groups is 2. The van der Waals surface area contributed by atoms with Gasteiger partial charge in [-0.1, -0.05) is 35.4 Å². The number of aliphatic hydroxyl groups excluding tert-OH is 3. The quantitative estimate of drug-likeness (QED) is 0.397. The lowest BCUT2D eigenvalue weighted by atomic mass is 9.99. The molecule has 0 saturated carbocycles. The first-order valence-electron chi connectivity index (χ1n) is 9.51. The summed E-state index contributed by atoms with van der Waals surface area (Å²) >= 11 is 6.05. The molecule has 3 rings (SSSR count). The van der Waals surface area contributed by atoms with Crippen molar-refractivity contribution in [1.29, 1.82) is 0 Å². The molecule has 1 fully saturated rings. The van der Waals surface area contributed by atoms with Crippen LogP contribution in [0.15, 0.2) is 36.4 Å². The second kappa shape index (κ2) is 9.80. The van der Waals surface area contributed by atoms with Gasteiger partial charge in [0, 0.05) is 5.69 Å². The van der Waals surface area contributed by atoms with E-state index in [1.807, 2.05) is 0 Å². The molecule has 2 aromatic carbocycles. The fourth-order valence-electron chi connectivity index (χ4n) is 3.22. The van der Waals surface area contributed by atoms with Crippen molar-refractivity contribution in [3.05, 3.63) is 58.4 Å². The molecule has 32 heavy (non-hydrogen) atoms. The Balaban J connectivity index is 1.78. The monoisotopic (exact) mass is 469 g/mol. The maximum atomic E-state index is 14.2. The Labute approximate surface area is 187 Å². The maximum Gasteiger partial charge on any atom is 0.335 e. The number of benzene rings is 2. The first-order valence-corrected chi connectivity index (χ1v) is 9.88. The van der Waals surface area contributed by atoms with E-state index < -0.39 is 48.5 Å².